The van der Waals surface area contributed by atoms with Crippen molar-refractivity contribution >= 4 is 23.6 Å². The summed E-state index contributed by atoms with van der Waals surface area (Å²) in [6.45, 7) is 1.89. The summed E-state index contributed by atoms with van der Waals surface area (Å²) in [5, 5.41) is 2.70. The Morgan fingerprint density at radius 3 is 2.85 bits per heavy atom. The molecule has 2 aromatic rings. The highest BCUT2D eigenvalue weighted by molar-refractivity contribution is 5.94. The van der Waals surface area contributed by atoms with E-state index in [-0.39, 0.29) is 19.3 Å². The fourth-order valence-corrected chi connectivity index (χ4v) is 2.43. The molecular formula is C20H19NO5. The van der Waals surface area contributed by atoms with Gasteiger partial charge < -0.3 is 19.5 Å². The number of carbonyl (C=O) groups excluding carboxylic acids is 2. The Balaban J connectivity index is 1.48. The van der Waals surface area contributed by atoms with Gasteiger partial charge in [-0.25, -0.2) is 4.79 Å². The quantitative estimate of drug-likeness (QED) is 0.638. The normalized spacial score (nSPS) is 12.2. The molecule has 1 aliphatic heterocycles. The fraction of sp³-hybridized carbons (Fsp3) is 0.200. The van der Waals surface area contributed by atoms with E-state index in [1.54, 1.807) is 30.3 Å². The number of anilines is 1. The van der Waals surface area contributed by atoms with Crippen LogP contribution in [0.5, 0.6) is 11.5 Å². The molecule has 0 radical (unpaired) electrons. The maximum absolute atomic E-state index is 11.9. The van der Waals surface area contributed by atoms with Crippen molar-refractivity contribution in [2.24, 2.45) is 0 Å². The van der Waals surface area contributed by atoms with Gasteiger partial charge in [-0.05, 0) is 47.9 Å². The molecule has 0 saturated heterocycles. The second kappa shape index (κ2) is 8.20. The van der Waals surface area contributed by atoms with Crippen molar-refractivity contribution in [3.05, 3.63) is 59.7 Å². The standard InChI is InChI=1S/C20H19NO5/c1-2-14-4-3-5-16(10-14)21-19(22)12-24-20(23)9-7-15-6-8-17-18(11-15)26-13-25-17/h3-11H,2,12-13H2,1H3,(H,21,22)/b9-7+. The molecule has 0 atom stereocenters. The minimum Gasteiger partial charge on any atom is -0.454 e. The van der Waals surface area contributed by atoms with E-state index in [4.69, 9.17) is 14.2 Å². The minimum absolute atomic E-state index is 0.195. The van der Waals surface area contributed by atoms with Gasteiger partial charge >= 0.3 is 5.97 Å². The molecule has 0 spiro atoms. The van der Waals surface area contributed by atoms with E-state index in [0.717, 1.165) is 17.5 Å². The topological polar surface area (TPSA) is 73.9 Å². The highest BCUT2D eigenvalue weighted by Gasteiger charge is 2.12. The zero-order valence-electron chi connectivity index (χ0n) is 14.4. The molecule has 0 fully saturated rings. The van der Waals surface area contributed by atoms with Crippen LogP contribution >= 0.6 is 0 Å². The number of nitrogens with one attached hydrogen (secondary N) is 1. The number of aryl methyl sites for hydroxylation is 1. The van der Waals surface area contributed by atoms with E-state index >= 15 is 0 Å². The van der Waals surface area contributed by atoms with Crippen LogP contribution in [0.1, 0.15) is 18.1 Å². The highest BCUT2D eigenvalue weighted by Crippen LogP contribution is 2.32. The summed E-state index contributed by atoms with van der Waals surface area (Å²) in [6, 6.07) is 12.9. The Morgan fingerprint density at radius 2 is 2.00 bits per heavy atom. The van der Waals surface area contributed by atoms with E-state index in [9.17, 15) is 9.59 Å². The lowest BCUT2D eigenvalue weighted by atomic mass is 10.1. The molecule has 3 rings (SSSR count). The molecule has 6 nitrogen and oxygen atoms in total. The molecule has 134 valence electrons. The summed E-state index contributed by atoms with van der Waals surface area (Å²) in [5.41, 5.74) is 2.57. The smallest absolute Gasteiger partial charge is 0.331 e. The summed E-state index contributed by atoms with van der Waals surface area (Å²) >= 11 is 0. The number of fused-ring (bicyclic) bond motifs is 1. The van der Waals surface area contributed by atoms with Gasteiger partial charge in [-0.15, -0.1) is 0 Å². The van der Waals surface area contributed by atoms with Gasteiger partial charge in [-0.2, -0.15) is 0 Å². The van der Waals surface area contributed by atoms with Gasteiger partial charge in [-0.3, -0.25) is 4.79 Å². The van der Waals surface area contributed by atoms with Gasteiger partial charge in [0.1, 0.15) is 0 Å². The molecule has 1 aliphatic rings. The van der Waals surface area contributed by atoms with E-state index in [1.807, 2.05) is 25.1 Å². The SMILES string of the molecule is CCc1cccc(NC(=O)COC(=O)/C=C/c2ccc3c(c2)OCO3)c1. The number of hydrogen-bond acceptors (Lipinski definition) is 5. The van der Waals surface area contributed by atoms with Crippen molar-refractivity contribution in [2.45, 2.75) is 13.3 Å². The third-order valence-corrected chi connectivity index (χ3v) is 3.77. The Labute approximate surface area is 151 Å². The van der Waals surface area contributed by atoms with Crippen LogP contribution in [0.3, 0.4) is 0 Å². The van der Waals surface area contributed by atoms with E-state index < -0.39 is 5.97 Å². The second-order valence-electron chi connectivity index (χ2n) is 5.66. The van der Waals surface area contributed by atoms with Crippen molar-refractivity contribution in [3.63, 3.8) is 0 Å². The van der Waals surface area contributed by atoms with Crippen LogP contribution in [0.15, 0.2) is 48.5 Å². The molecule has 1 amide bonds. The van der Waals surface area contributed by atoms with Crippen molar-refractivity contribution < 1.29 is 23.8 Å². The van der Waals surface area contributed by atoms with Crippen LogP contribution in [0, 0.1) is 0 Å². The number of carbonyl (C=O) groups is 2. The summed E-state index contributed by atoms with van der Waals surface area (Å²) < 4.78 is 15.5. The number of ether oxygens (including phenoxy) is 3. The predicted octanol–water partition coefficient (Wildman–Crippen LogP) is 3.17. The Hall–Kier alpha value is -3.28. The Morgan fingerprint density at radius 1 is 1.15 bits per heavy atom. The first-order valence-electron chi connectivity index (χ1n) is 8.27. The highest BCUT2D eigenvalue weighted by atomic mass is 16.7. The lowest BCUT2D eigenvalue weighted by Gasteiger charge is -2.06. The summed E-state index contributed by atoms with van der Waals surface area (Å²) in [4.78, 5) is 23.6. The van der Waals surface area contributed by atoms with E-state index in [0.29, 0.717) is 17.2 Å². The minimum atomic E-state index is -0.597. The Bertz CT molecular complexity index is 844. The lowest BCUT2D eigenvalue weighted by Crippen LogP contribution is -2.20. The third-order valence-electron chi connectivity index (χ3n) is 3.77. The van der Waals surface area contributed by atoms with Crippen LogP contribution in [0.2, 0.25) is 0 Å². The van der Waals surface area contributed by atoms with Crippen molar-refractivity contribution in [3.8, 4) is 11.5 Å². The molecule has 0 bridgehead atoms. The molecule has 0 saturated carbocycles. The van der Waals surface area contributed by atoms with Crippen molar-refractivity contribution in [1.82, 2.24) is 0 Å². The molecule has 26 heavy (non-hydrogen) atoms. The van der Waals surface area contributed by atoms with Crippen LogP contribution in [0.25, 0.3) is 6.08 Å². The van der Waals surface area contributed by atoms with Gasteiger partial charge in [0.15, 0.2) is 18.1 Å². The summed E-state index contributed by atoms with van der Waals surface area (Å²) in [6.07, 6.45) is 3.73. The number of benzene rings is 2. The molecule has 0 aromatic heterocycles. The molecular weight excluding hydrogens is 334 g/mol. The average Bonchev–Trinajstić information content (AvgIpc) is 3.12. The van der Waals surface area contributed by atoms with Gasteiger partial charge in [0.25, 0.3) is 5.91 Å². The molecule has 1 N–H and O–H groups in total. The van der Waals surface area contributed by atoms with Gasteiger partial charge in [-0.1, -0.05) is 25.1 Å². The summed E-state index contributed by atoms with van der Waals surface area (Å²) in [7, 11) is 0. The van der Waals surface area contributed by atoms with Crippen LogP contribution < -0.4 is 14.8 Å². The van der Waals surface area contributed by atoms with E-state index in [1.165, 1.54) is 6.08 Å². The second-order valence-corrected chi connectivity index (χ2v) is 5.66. The van der Waals surface area contributed by atoms with Crippen LogP contribution in [-0.2, 0) is 20.7 Å². The molecule has 1 heterocycles. The fourth-order valence-electron chi connectivity index (χ4n) is 2.43. The summed E-state index contributed by atoms with van der Waals surface area (Å²) in [5.74, 6) is 0.325. The Kier molecular flexibility index (Phi) is 5.53. The van der Waals surface area contributed by atoms with Gasteiger partial charge in [0.05, 0.1) is 0 Å². The average molecular weight is 353 g/mol. The van der Waals surface area contributed by atoms with E-state index in [2.05, 4.69) is 5.32 Å². The maximum Gasteiger partial charge on any atom is 0.331 e. The number of hydrogen-bond donors (Lipinski definition) is 1. The molecule has 0 unspecified atom stereocenters. The van der Waals surface area contributed by atoms with Crippen molar-refractivity contribution in [1.29, 1.82) is 0 Å². The molecule has 0 aliphatic carbocycles. The van der Waals surface area contributed by atoms with Gasteiger partial charge in [0.2, 0.25) is 6.79 Å². The van der Waals surface area contributed by atoms with Crippen LogP contribution in [0.4, 0.5) is 5.69 Å². The third kappa shape index (κ3) is 4.63. The maximum atomic E-state index is 11.9. The predicted molar refractivity (Wildman–Crippen MR) is 97.0 cm³/mol. The van der Waals surface area contributed by atoms with Gasteiger partial charge in [0, 0.05) is 11.8 Å². The first kappa shape index (κ1) is 17.5. The largest absolute Gasteiger partial charge is 0.454 e. The van der Waals surface area contributed by atoms with Crippen molar-refractivity contribution in [2.75, 3.05) is 18.7 Å². The molecule has 2 aromatic carbocycles. The van der Waals surface area contributed by atoms with Crippen LogP contribution in [-0.4, -0.2) is 25.3 Å². The zero-order chi connectivity index (χ0) is 18.4. The monoisotopic (exact) mass is 353 g/mol. The molecule has 6 heteroatoms. The zero-order valence-corrected chi connectivity index (χ0v) is 14.4. The number of rotatable bonds is 6. The number of esters is 1. The number of amides is 1. The first-order chi connectivity index (χ1) is 12.6. The lowest BCUT2D eigenvalue weighted by molar-refractivity contribution is -0.142. The first-order valence-corrected chi connectivity index (χ1v) is 8.27.